The van der Waals surface area contributed by atoms with Gasteiger partial charge >= 0.3 is 0 Å². The zero-order chi connectivity index (χ0) is 19.9. The number of nitrogens with one attached hydrogen (secondary N) is 1. The second kappa shape index (κ2) is 10.0. The van der Waals surface area contributed by atoms with Crippen molar-refractivity contribution in [2.45, 2.75) is 19.7 Å². The number of hydrogen-bond acceptors (Lipinski definition) is 3. The standard InChI is InChI=1S/C22H20Cl3NO2/c1-27-21-8-4-6-16(13-26-12-15-5-2-3-7-19(15)24)22(21)28-14-17-9-10-18(23)11-20(17)25/h2-11,26H,12-14H2,1H3. The summed E-state index contributed by atoms with van der Waals surface area (Å²) in [7, 11) is 1.62. The van der Waals surface area contributed by atoms with Crippen LogP contribution >= 0.6 is 34.8 Å². The molecule has 0 aliphatic rings. The minimum atomic E-state index is 0.313. The molecule has 0 aliphatic carbocycles. The summed E-state index contributed by atoms with van der Waals surface area (Å²) in [6.45, 7) is 1.57. The Kier molecular flexibility index (Phi) is 7.46. The fraction of sp³-hybridized carbons (Fsp3) is 0.182. The van der Waals surface area contributed by atoms with Gasteiger partial charge in [-0.25, -0.2) is 0 Å². The molecule has 0 aromatic heterocycles. The average Bonchev–Trinajstić information content (AvgIpc) is 2.69. The Labute approximate surface area is 180 Å². The number of rotatable bonds is 8. The van der Waals surface area contributed by atoms with Crippen molar-refractivity contribution in [3.05, 3.63) is 92.4 Å². The SMILES string of the molecule is COc1cccc(CNCc2ccccc2Cl)c1OCc1ccc(Cl)cc1Cl. The van der Waals surface area contributed by atoms with E-state index in [1.165, 1.54) is 0 Å². The van der Waals surface area contributed by atoms with Crippen molar-refractivity contribution in [1.82, 2.24) is 5.32 Å². The van der Waals surface area contributed by atoms with E-state index in [4.69, 9.17) is 44.3 Å². The van der Waals surface area contributed by atoms with E-state index in [0.29, 0.717) is 41.2 Å². The van der Waals surface area contributed by atoms with Crippen LogP contribution in [-0.2, 0) is 19.7 Å². The van der Waals surface area contributed by atoms with Gasteiger partial charge in [-0.05, 0) is 29.8 Å². The van der Waals surface area contributed by atoms with E-state index in [0.717, 1.165) is 21.7 Å². The Bertz CT molecular complexity index is 947. The molecule has 0 amide bonds. The summed E-state index contributed by atoms with van der Waals surface area (Å²) in [5.41, 5.74) is 2.88. The number of ether oxygens (including phenoxy) is 2. The van der Waals surface area contributed by atoms with Gasteiger partial charge in [-0.15, -0.1) is 0 Å². The number of methoxy groups -OCH3 is 1. The second-order valence-electron chi connectivity index (χ2n) is 6.17. The van der Waals surface area contributed by atoms with Crippen LogP contribution in [0.3, 0.4) is 0 Å². The second-order valence-corrected chi connectivity index (χ2v) is 7.42. The largest absolute Gasteiger partial charge is 0.493 e. The van der Waals surface area contributed by atoms with Crippen molar-refractivity contribution in [1.29, 1.82) is 0 Å². The minimum absolute atomic E-state index is 0.313. The summed E-state index contributed by atoms with van der Waals surface area (Å²) < 4.78 is 11.6. The highest BCUT2D eigenvalue weighted by atomic mass is 35.5. The molecule has 0 spiro atoms. The third-order valence-corrected chi connectivity index (χ3v) is 5.21. The van der Waals surface area contributed by atoms with Gasteiger partial charge in [0, 0.05) is 39.3 Å². The maximum absolute atomic E-state index is 6.25. The number of benzene rings is 3. The molecule has 0 saturated carbocycles. The molecule has 3 aromatic carbocycles. The van der Waals surface area contributed by atoms with Gasteiger partial charge in [0.15, 0.2) is 11.5 Å². The third-order valence-electron chi connectivity index (χ3n) is 4.26. The monoisotopic (exact) mass is 435 g/mol. The van der Waals surface area contributed by atoms with Crippen LogP contribution in [0.15, 0.2) is 60.7 Å². The zero-order valence-electron chi connectivity index (χ0n) is 15.3. The van der Waals surface area contributed by atoms with Crippen LogP contribution < -0.4 is 14.8 Å². The molecule has 3 nitrogen and oxygen atoms in total. The third kappa shape index (κ3) is 5.33. The van der Waals surface area contributed by atoms with Crippen molar-refractivity contribution in [3.8, 4) is 11.5 Å². The Balaban J connectivity index is 1.72. The van der Waals surface area contributed by atoms with E-state index in [2.05, 4.69) is 5.32 Å². The highest BCUT2D eigenvalue weighted by Crippen LogP contribution is 2.33. The quantitative estimate of drug-likeness (QED) is 0.436. The number of halogens is 3. The summed E-state index contributed by atoms with van der Waals surface area (Å²) in [4.78, 5) is 0. The molecule has 3 aromatic rings. The van der Waals surface area contributed by atoms with Crippen LogP contribution in [0.25, 0.3) is 0 Å². The van der Waals surface area contributed by atoms with Crippen LogP contribution in [0.1, 0.15) is 16.7 Å². The first-order valence-electron chi connectivity index (χ1n) is 8.75. The smallest absolute Gasteiger partial charge is 0.166 e. The number of para-hydroxylation sites is 1. The van der Waals surface area contributed by atoms with Gasteiger partial charge in [-0.2, -0.15) is 0 Å². The van der Waals surface area contributed by atoms with E-state index in [1.807, 2.05) is 48.5 Å². The first-order chi connectivity index (χ1) is 13.6. The maximum Gasteiger partial charge on any atom is 0.166 e. The van der Waals surface area contributed by atoms with Gasteiger partial charge in [0.2, 0.25) is 0 Å². The highest BCUT2D eigenvalue weighted by Gasteiger charge is 2.12. The lowest BCUT2D eigenvalue weighted by molar-refractivity contribution is 0.280. The minimum Gasteiger partial charge on any atom is -0.493 e. The Morgan fingerprint density at radius 3 is 2.29 bits per heavy atom. The summed E-state index contributed by atoms with van der Waals surface area (Å²) >= 11 is 18.4. The summed E-state index contributed by atoms with van der Waals surface area (Å²) in [5, 5.41) is 5.31. The molecule has 6 heteroatoms. The number of hydrogen-bond donors (Lipinski definition) is 1. The summed E-state index contributed by atoms with van der Waals surface area (Å²) in [5.74, 6) is 1.35. The van der Waals surface area contributed by atoms with E-state index in [-0.39, 0.29) is 0 Å². The predicted octanol–water partition coefficient (Wildman–Crippen LogP) is 6.52. The first kappa shape index (κ1) is 20.8. The van der Waals surface area contributed by atoms with E-state index in [9.17, 15) is 0 Å². The molecule has 0 fully saturated rings. The van der Waals surface area contributed by atoms with Crippen LogP contribution in [0, 0.1) is 0 Å². The van der Waals surface area contributed by atoms with E-state index >= 15 is 0 Å². The molecule has 0 radical (unpaired) electrons. The lowest BCUT2D eigenvalue weighted by atomic mass is 10.1. The van der Waals surface area contributed by atoms with Crippen molar-refractivity contribution in [2.24, 2.45) is 0 Å². The molecule has 0 unspecified atom stereocenters. The van der Waals surface area contributed by atoms with Crippen LogP contribution in [0.5, 0.6) is 11.5 Å². The molecule has 1 N–H and O–H groups in total. The molecule has 3 rings (SSSR count). The van der Waals surface area contributed by atoms with E-state index < -0.39 is 0 Å². The van der Waals surface area contributed by atoms with Crippen molar-refractivity contribution >= 4 is 34.8 Å². The molecule has 28 heavy (non-hydrogen) atoms. The first-order valence-corrected chi connectivity index (χ1v) is 9.88. The molecule has 146 valence electrons. The zero-order valence-corrected chi connectivity index (χ0v) is 17.6. The van der Waals surface area contributed by atoms with Gasteiger partial charge in [0.1, 0.15) is 6.61 Å². The Hall–Kier alpha value is -1.91. The topological polar surface area (TPSA) is 30.5 Å². The Morgan fingerprint density at radius 1 is 0.786 bits per heavy atom. The Morgan fingerprint density at radius 2 is 1.54 bits per heavy atom. The van der Waals surface area contributed by atoms with Crippen molar-refractivity contribution in [2.75, 3.05) is 7.11 Å². The van der Waals surface area contributed by atoms with Crippen molar-refractivity contribution in [3.63, 3.8) is 0 Å². The summed E-state index contributed by atoms with van der Waals surface area (Å²) in [6, 6.07) is 18.9. The normalized spacial score (nSPS) is 10.7. The van der Waals surface area contributed by atoms with Crippen molar-refractivity contribution < 1.29 is 9.47 Å². The van der Waals surface area contributed by atoms with Gasteiger partial charge in [-0.3, -0.25) is 0 Å². The molecule has 0 aliphatic heterocycles. The van der Waals surface area contributed by atoms with Gasteiger partial charge in [0.05, 0.1) is 7.11 Å². The van der Waals surface area contributed by atoms with Gasteiger partial charge in [0.25, 0.3) is 0 Å². The van der Waals surface area contributed by atoms with Crippen LogP contribution in [0.2, 0.25) is 15.1 Å². The molecule has 0 bridgehead atoms. The van der Waals surface area contributed by atoms with Crippen LogP contribution in [-0.4, -0.2) is 7.11 Å². The van der Waals surface area contributed by atoms with E-state index in [1.54, 1.807) is 19.2 Å². The fourth-order valence-electron chi connectivity index (χ4n) is 2.79. The average molecular weight is 437 g/mol. The highest BCUT2D eigenvalue weighted by molar-refractivity contribution is 6.35. The predicted molar refractivity (Wildman–Crippen MR) is 116 cm³/mol. The molecular formula is C22H20Cl3NO2. The maximum atomic E-state index is 6.25. The lowest BCUT2D eigenvalue weighted by Crippen LogP contribution is -2.14. The molecular weight excluding hydrogens is 417 g/mol. The molecule has 0 heterocycles. The molecule has 0 saturated heterocycles. The molecule has 0 atom stereocenters. The van der Waals surface area contributed by atoms with Gasteiger partial charge < -0.3 is 14.8 Å². The lowest BCUT2D eigenvalue weighted by Gasteiger charge is -2.16. The summed E-state index contributed by atoms with van der Waals surface area (Å²) in [6.07, 6.45) is 0. The fourth-order valence-corrected chi connectivity index (χ4v) is 3.45. The van der Waals surface area contributed by atoms with Crippen LogP contribution in [0.4, 0.5) is 0 Å². The van der Waals surface area contributed by atoms with Gasteiger partial charge in [-0.1, -0.05) is 71.2 Å².